The van der Waals surface area contributed by atoms with Crippen LogP contribution < -0.4 is 0 Å². The predicted octanol–water partition coefficient (Wildman–Crippen LogP) is 4.73. The van der Waals surface area contributed by atoms with E-state index in [1.165, 1.54) is 6.42 Å². The molecule has 0 radical (unpaired) electrons. The predicted molar refractivity (Wildman–Crippen MR) is 85.9 cm³/mol. The Morgan fingerprint density at radius 2 is 1.68 bits per heavy atom. The van der Waals surface area contributed by atoms with Crippen LogP contribution in [0, 0.1) is 17.8 Å². The second kappa shape index (κ2) is 14.6. The molecule has 118 valence electrons. The summed E-state index contributed by atoms with van der Waals surface area (Å²) in [5.74, 6) is 2.16. The maximum atomic E-state index is 8.99. The van der Waals surface area contributed by atoms with Crippen LogP contribution >= 0.6 is 11.6 Å². The quantitative estimate of drug-likeness (QED) is 0.743. The van der Waals surface area contributed by atoms with E-state index in [4.69, 9.17) is 21.4 Å². The minimum atomic E-state index is 0.0984. The van der Waals surface area contributed by atoms with E-state index in [0.29, 0.717) is 18.6 Å². The maximum absolute atomic E-state index is 8.99. The Balaban J connectivity index is 0. The first-order valence-corrected chi connectivity index (χ1v) is 8.49. The number of hydrogen-bond donors (Lipinski definition) is 1. The van der Waals surface area contributed by atoms with E-state index in [2.05, 4.69) is 13.8 Å². The summed E-state index contributed by atoms with van der Waals surface area (Å²) >= 11 is 5.70. The second-order valence-corrected chi connectivity index (χ2v) is 5.23. The highest BCUT2D eigenvalue weighted by Crippen LogP contribution is 2.31. The second-order valence-electron chi connectivity index (χ2n) is 4.93. The fourth-order valence-corrected chi connectivity index (χ4v) is 2.25. The van der Waals surface area contributed by atoms with Gasteiger partial charge >= 0.3 is 0 Å². The third-order valence-corrected chi connectivity index (χ3v) is 4.03. The van der Waals surface area contributed by atoms with E-state index < -0.39 is 0 Å². The van der Waals surface area contributed by atoms with Gasteiger partial charge < -0.3 is 9.84 Å². The Morgan fingerprint density at radius 1 is 1.11 bits per heavy atom. The zero-order valence-electron chi connectivity index (χ0n) is 13.8. The van der Waals surface area contributed by atoms with Crippen molar-refractivity contribution in [1.29, 1.82) is 0 Å². The normalized spacial score (nSPS) is 27.5. The third-order valence-electron chi connectivity index (χ3n) is 3.59. The van der Waals surface area contributed by atoms with Crippen molar-refractivity contribution in [2.45, 2.75) is 66.9 Å². The highest BCUT2D eigenvalue weighted by molar-refractivity contribution is 6.18. The van der Waals surface area contributed by atoms with Gasteiger partial charge in [-0.2, -0.15) is 0 Å². The van der Waals surface area contributed by atoms with Crippen molar-refractivity contribution in [3.8, 4) is 0 Å². The molecule has 0 spiro atoms. The van der Waals surface area contributed by atoms with Crippen LogP contribution in [0.2, 0.25) is 0 Å². The van der Waals surface area contributed by atoms with Gasteiger partial charge in [-0.05, 0) is 31.1 Å². The average molecular weight is 295 g/mol. The molecule has 0 amide bonds. The first-order valence-electron chi connectivity index (χ1n) is 7.95. The van der Waals surface area contributed by atoms with Gasteiger partial charge in [-0.15, -0.1) is 11.6 Å². The molecule has 0 aromatic carbocycles. The van der Waals surface area contributed by atoms with Gasteiger partial charge in [0.25, 0.3) is 0 Å². The van der Waals surface area contributed by atoms with Gasteiger partial charge in [-0.1, -0.05) is 41.5 Å². The molecule has 0 aliphatic heterocycles. The van der Waals surface area contributed by atoms with Crippen molar-refractivity contribution < 1.29 is 9.84 Å². The zero-order valence-corrected chi connectivity index (χ0v) is 14.5. The van der Waals surface area contributed by atoms with Crippen molar-refractivity contribution >= 4 is 11.6 Å². The molecule has 0 bridgehead atoms. The lowest BCUT2D eigenvalue weighted by Gasteiger charge is -2.32. The van der Waals surface area contributed by atoms with Crippen LogP contribution in [0.25, 0.3) is 0 Å². The van der Waals surface area contributed by atoms with Crippen LogP contribution in [-0.4, -0.2) is 30.3 Å². The molecule has 1 rings (SSSR count). The molecule has 0 heterocycles. The van der Waals surface area contributed by atoms with E-state index in [0.717, 1.165) is 24.7 Å². The largest absolute Gasteiger partial charge is 0.396 e. The molecule has 0 aromatic heterocycles. The van der Waals surface area contributed by atoms with Gasteiger partial charge in [0.1, 0.15) is 0 Å². The fraction of sp³-hybridized carbons (Fsp3) is 1.00. The minimum absolute atomic E-state index is 0.0984. The molecule has 19 heavy (non-hydrogen) atoms. The summed E-state index contributed by atoms with van der Waals surface area (Å²) in [6.45, 7) is 13.3. The van der Waals surface area contributed by atoms with E-state index in [1.807, 2.05) is 27.7 Å². The molecule has 1 aliphatic rings. The van der Waals surface area contributed by atoms with Gasteiger partial charge in [-0.3, -0.25) is 0 Å². The number of rotatable bonds is 5. The Kier molecular flexibility index (Phi) is 16.5. The lowest BCUT2D eigenvalue weighted by Crippen LogP contribution is -2.29. The van der Waals surface area contributed by atoms with Crippen molar-refractivity contribution in [2.75, 3.05) is 19.1 Å². The summed E-state index contributed by atoms with van der Waals surface area (Å²) in [5.41, 5.74) is 0. The number of halogens is 1. The van der Waals surface area contributed by atoms with E-state index in [9.17, 15) is 0 Å². The number of alkyl halides is 1. The summed E-state index contributed by atoms with van der Waals surface area (Å²) in [4.78, 5) is 0. The van der Waals surface area contributed by atoms with Crippen molar-refractivity contribution in [3.05, 3.63) is 0 Å². The Bertz CT molecular complexity index is 172. The molecule has 1 fully saturated rings. The van der Waals surface area contributed by atoms with Crippen LogP contribution in [-0.2, 0) is 4.74 Å². The van der Waals surface area contributed by atoms with Crippen molar-refractivity contribution in [2.24, 2.45) is 17.8 Å². The number of aliphatic hydroxyl groups excluding tert-OH is 1. The number of ether oxygens (including phenoxy) is 1. The van der Waals surface area contributed by atoms with Gasteiger partial charge in [0.15, 0.2) is 0 Å². The molecule has 4 unspecified atom stereocenters. The molecule has 2 nitrogen and oxygen atoms in total. The highest BCUT2D eigenvalue weighted by atomic mass is 35.5. The highest BCUT2D eigenvalue weighted by Gasteiger charge is 2.25. The van der Waals surface area contributed by atoms with E-state index in [-0.39, 0.29) is 12.5 Å². The van der Waals surface area contributed by atoms with E-state index >= 15 is 0 Å². The van der Waals surface area contributed by atoms with Crippen LogP contribution in [0.15, 0.2) is 0 Å². The monoisotopic (exact) mass is 294 g/mol. The lowest BCUT2D eigenvalue weighted by atomic mass is 9.80. The minimum Gasteiger partial charge on any atom is -0.396 e. The van der Waals surface area contributed by atoms with Crippen LogP contribution in [0.5, 0.6) is 0 Å². The summed E-state index contributed by atoms with van der Waals surface area (Å²) < 4.78 is 5.80. The molecule has 0 saturated heterocycles. The van der Waals surface area contributed by atoms with Gasteiger partial charge in [0, 0.05) is 18.4 Å². The standard InChI is InChI=1S/C12H23ClO2.2C2H6/c1-9-3-4-12(5-10(9)2)15-8-11(6-13)7-14;2*1-2/h9-12,14H,3-8H2,1-2H3;2*1-2H3. The molecule has 4 atom stereocenters. The SMILES string of the molecule is CC.CC.CC1CCC(OCC(CO)CCl)CC1C. The first-order chi connectivity index (χ1) is 9.17. The van der Waals surface area contributed by atoms with E-state index in [1.54, 1.807) is 0 Å². The van der Waals surface area contributed by atoms with Crippen LogP contribution in [0.4, 0.5) is 0 Å². The zero-order chi connectivity index (χ0) is 15.3. The summed E-state index contributed by atoms with van der Waals surface area (Å²) in [6.07, 6.45) is 3.96. The van der Waals surface area contributed by atoms with Gasteiger partial charge in [-0.25, -0.2) is 0 Å². The first kappa shape index (κ1) is 21.5. The summed E-state index contributed by atoms with van der Waals surface area (Å²) in [7, 11) is 0. The Labute approximate surface area is 125 Å². The molecule has 3 heteroatoms. The number of aliphatic hydroxyl groups is 1. The molecule has 1 N–H and O–H groups in total. The van der Waals surface area contributed by atoms with Gasteiger partial charge in [0.2, 0.25) is 0 Å². The summed E-state index contributed by atoms with van der Waals surface area (Å²) in [5, 5.41) is 8.99. The van der Waals surface area contributed by atoms with Crippen molar-refractivity contribution in [1.82, 2.24) is 0 Å². The average Bonchev–Trinajstić information content (AvgIpc) is 2.48. The smallest absolute Gasteiger partial charge is 0.0578 e. The summed E-state index contributed by atoms with van der Waals surface area (Å²) in [6, 6.07) is 0. The molecule has 0 aromatic rings. The fourth-order valence-electron chi connectivity index (χ4n) is 2.07. The topological polar surface area (TPSA) is 29.5 Å². The Hall–Kier alpha value is 0.210. The lowest BCUT2D eigenvalue weighted by molar-refractivity contribution is -0.0184. The third kappa shape index (κ3) is 9.70. The van der Waals surface area contributed by atoms with Crippen LogP contribution in [0.3, 0.4) is 0 Å². The maximum Gasteiger partial charge on any atom is 0.0578 e. The van der Waals surface area contributed by atoms with Crippen LogP contribution in [0.1, 0.15) is 60.8 Å². The molecular formula is C16H35ClO2. The van der Waals surface area contributed by atoms with Crippen molar-refractivity contribution in [3.63, 3.8) is 0 Å². The van der Waals surface area contributed by atoms with Gasteiger partial charge in [0.05, 0.1) is 12.7 Å². The molecular weight excluding hydrogens is 260 g/mol. The Morgan fingerprint density at radius 3 is 2.11 bits per heavy atom. The number of hydrogen-bond acceptors (Lipinski definition) is 2. The molecule has 1 saturated carbocycles. The molecule has 1 aliphatic carbocycles.